The molecular weight excluding hydrogens is 340 g/mol. The van der Waals surface area contributed by atoms with Gasteiger partial charge in [-0.2, -0.15) is 0 Å². The first-order valence-electron chi connectivity index (χ1n) is 8.69. The van der Waals surface area contributed by atoms with E-state index < -0.39 is 11.9 Å². The zero-order valence-electron chi connectivity index (χ0n) is 14.7. The Morgan fingerprint density at radius 1 is 1.11 bits per heavy atom. The van der Waals surface area contributed by atoms with Gasteiger partial charge in [0.25, 0.3) is 0 Å². The zero-order chi connectivity index (χ0) is 18.9. The third-order valence-electron chi connectivity index (χ3n) is 3.97. The normalized spacial score (nSPS) is 15.7. The molecule has 0 spiro atoms. The van der Waals surface area contributed by atoms with Gasteiger partial charge >= 0.3 is 11.9 Å². The fourth-order valence-corrected chi connectivity index (χ4v) is 2.53. The maximum Gasteiger partial charge on any atom is 0.384 e. The van der Waals surface area contributed by atoms with Gasteiger partial charge in [0.1, 0.15) is 13.2 Å². The van der Waals surface area contributed by atoms with Gasteiger partial charge in [0, 0.05) is 23.5 Å². The number of hydrogen-bond acceptors (Lipinski definition) is 4. The Balaban J connectivity index is 1.66. The molecule has 0 aliphatic carbocycles. The predicted molar refractivity (Wildman–Crippen MR) is 100 cm³/mol. The molecule has 4 nitrogen and oxygen atoms in total. The number of carbonyl (C=O) groups is 2. The number of esters is 2. The van der Waals surface area contributed by atoms with Gasteiger partial charge in [0.2, 0.25) is 0 Å². The van der Waals surface area contributed by atoms with E-state index in [0.717, 1.165) is 16.7 Å². The lowest BCUT2D eigenvalue weighted by molar-refractivity contribution is -0.145. The molecule has 0 aromatic heterocycles. The van der Waals surface area contributed by atoms with E-state index >= 15 is 0 Å². The Morgan fingerprint density at radius 3 is 2.74 bits per heavy atom. The highest BCUT2D eigenvalue weighted by atomic mass is 16.5. The summed E-state index contributed by atoms with van der Waals surface area (Å²) in [7, 11) is 0. The molecule has 2 aromatic carbocycles. The van der Waals surface area contributed by atoms with E-state index in [1.807, 2.05) is 54.6 Å². The Bertz CT molecular complexity index is 939. The summed E-state index contributed by atoms with van der Waals surface area (Å²) >= 11 is 0. The van der Waals surface area contributed by atoms with Crippen LogP contribution in [-0.4, -0.2) is 25.2 Å². The second kappa shape index (κ2) is 9.27. The fourth-order valence-electron chi connectivity index (χ4n) is 2.53. The van der Waals surface area contributed by atoms with Crippen molar-refractivity contribution >= 4 is 11.9 Å². The average molecular weight is 358 g/mol. The van der Waals surface area contributed by atoms with E-state index in [1.165, 1.54) is 0 Å². The number of hydrogen-bond donors (Lipinski definition) is 0. The summed E-state index contributed by atoms with van der Waals surface area (Å²) in [6.45, 7) is 0.109. The van der Waals surface area contributed by atoms with E-state index in [4.69, 9.17) is 9.47 Å². The van der Waals surface area contributed by atoms with Crippen molar-refractivity contribution in [2.45, 2.75) is 12.8 Å². The predicted octanol–water partition coefficient (Wildman–Crippen LogP) is 2.74. The highest BCUT2D eigenvalue weighted by Crippen LogP contribution is 2.13. The van der Waals surface area contributed by atoms with Gasteiger partial charge in [-0.3, -0.25) is 4.79 Å². The second-order valence-corrected chi connectivity index (χ2v) is 6.02. The summed E-state index contributed by atoms with van der Waals surface area (Å²) in [6.07, 6.45) is 0.895. The number of aryl methyl sites for hydroxylation is 1. The van der Waals surface area contributed by atoms with Crippen molar-refractivity contribution in [3.05, 3.63) is 71.3 Å². The SMILES string of the molecule is O=C(C#Cc1ccccc1)OCC1C#Cc2ccccc2CCC(=O)OC1. The van der Waals surface area contributed by atoms with Crippen LogP contribution >= 0.6 is 0 Å². The largest absolute Gasteiger partial charge is 0.464 e. The summed E-state index contributed by atoms with van der Waals surface area (Å²) < 4.78 is 10.4. The topological polar surface area (TPSA) is 52.6 Å². The van der Waals surface area contributed by atoms with Gasteiger partial charge < -0.3 is 9.47 Å². The molecule has 0 fully saturated rings. The molecule has 0 saturated carbocycles. The van der Waals surface area contributed by atoms with Crippen LogP contribution in [0, 0.1) is 29.6 Å². The molecule has 1 unspecified atom stereocenters. The fraction of sp³-hybridized carbons (Fsp3) is 0.217. The number of benzene rings is 2. The molecule has 3 rings (SSSR count). The first-order chi connectivity index (χ1) is 13.2. The van der Waals surface area contributed by atoms with Gasteiger partial charge in [-0.1, -0.05) is 54.2 Å². The Kier molecular flexibility index (Phi) is 6.28. The van der Waals surface area contributed by atoms with Crippen molar-refractivity contribution in [3.8, 4) is 23.7 Å². The van der Waals surface area contributed by atoms with Crippen LogP contribution in [0.2, 0.25) is 0 Å². The summed E-state index contributed by atoms with van der Waals surface area (Å²) in [5, 5.41) is 0. The molecule has 27 heavy (non-hydrogen) atoms. The van der Waals surface area contributed by atoms with E-state index in [2.05, 4.69) is 23.7 Å². The molecule has 1 aliphatic heterocycles. The van der Waals surface area contributed by atoms with Gasteiger partial charge in [-0.05, 0) is 30.2 Å². The lowest BCUT2D eigenvalue weighted by Crippen LogP contribution is -2.20. The van der Waals surface area contributed by atoms with Crippen LogP contribution in [-0.2, 0) is 25.5 Å². The highest BCUT2D eigenvalue weighted by Gasteiger charge is 2.14. The molecule has 1 heterocycles. The first-order valence-corrected chi connectivity index (χ1v) is 8.69. The van der Waals surface area contributed by atoms with Crippen LogP contribution in [0.5, 0.6) is 0 Å². The first kappa shape index (κ1) is 18.3. The van der Waals surface area contributed by atoms with Gasteiger partial charge in [0.15, 0.2) is 0 Å². The maximum absolute atomic E-state index is 11.9. The number of ether oxygens (including phenoxy) is 2. The average Bonchev–Trinajstić information content (AvgIpc) is 2.71. The Morgan fingerprint density at radius 2 is 1.89 bits per heavy atom. The van der Waals surface area contributed by atoms with E-state index in [9.17, 15) is 9.59 Å². The van der Waals surface area contributed by atoms with Crippen LogP contribution in [0.4, 0.5) is 0 Å². The van der Waals surface area contributed by atoms with Crippen LogP contribution in [0.3, 0.4) is 0 Å². The van der Waals surface area contributed by atoms with Gasteiger partial charge in [-0.15, -0.1) is 0 Å². The molecule has 1 atom stereocenters. The smallest absolute Gasteiger partial charge is 0.384 e. The minimum absolute atomic E-state index is 0.0186. The monoisotopic (exact) mass is 358 g/mol. The lowest BCUT2D eigenvalue weighted by atomic mass is 10.0. The van der Waals surface area contributed by atoms with Crippen LogP contribution in [0.1, 0.15) is 23.1 Å². The minimum Gasteiger partial charge on any atom is -0.464 e. The molecule has 134 valence electrons. The van der Waals surface area contributed by atoms with Gasteiger partial charge in [0.05, 0.1) is 5.92 Å². The number of rotatable bonds is 2. The molecule has 0 saturated heterocycles. The van der Waals surface area contributed by atoms with Gasteiger partial charge in [-0.25, -0.2) is 4.79 Å². The number of cyclic esters (lactones) is 1. The van der Waals surface area contributed by atoms with Crippen LogP contribution in [0.25, 0.3) is 0 Å². The van der Waals surface area contributed by atoms with Crippen molar-refractivity contribution in [1.82, 2.24) is 0 Å². The summed E-state index contributed by atoms with van der Waals surface area (Å²) in [4.78, 5) is 23.7. The van der Waals surface area contributed by atoms with Crippen LogP contribution < -0.4 is 0 Å². The molecule has 0 bridgehead atoms. The number of fused-ring (bicyclic) bond motifs is 1. The molecule has 1 aliphatic rings. The Labute approximate surface area is 158 Å². The molecule has 4 heteroatoms. The van der Waals surface area contributed by atoms with E-state index in [-0.39, 0.29) is 19.2 Å². The zero-order valence-corrected chi connectivity index (χ0v) is 14.7. The van der Waals surface area contributed by atoms with Crippen molar-refractivity contribution < 1.29 is 19.1 Å². The summed E-state index contributed by atoms with van der Waals surface area (Å²) in [6, 6.07) is 16.9. The molecular formula is C23H18O4. The van der Waals surface area contributed by atoms with Crippen molar-refractivity contribution in [3.63, 3.8) is 0 Å². The Hall–Kier alpha value is -3.50. The highest BCUT2D eigenvalue weighted by molar-refractivity contribution is 5.89. The second-order valence-electron chi connectivity index (χ2n) is 6.02. The minimum atomic E-state index is -0.635. The number of carbonyl (C=O) groups excluding carboxylic acids is 2. The maximum atomic E-state index is 11.9. The lowest BCUT2D eigenvalue weighted by Gasteiger charge is -2.13. The van der Waals surface area contributed by atoms with Crippen LogP contribution in [0.15, 0.2) is 54.6 Å². The summed E-state index contributed by atoms with van der Waals surface area (Å²) in [5.41, 5.74) is 2.62. The molecule has 2 aromatic rings. The van der Waals surface area contributed by atoms with E-state index in [0.29, 0.717) is 12.8 Å². The molecule has 0 N–H and O–H groups in total. The summed E-state index contributed by atoms with van der Waals surface area (Å²) in [5.74, 6) is 10.0. The van der Waals surface area contributed by atoms with Crippen molar-refractivity contribution in [2.75, 3.05) is 13.2 Å². The third kappa shape index (κ3) is 5.76. The molecule has 0 amide bonds. The quantitative estimate of drug-likeness (QED) is 0.612. The third-order valence-corrected chi connectivity index (χ3v) is 3.97. The standard InChI is InChI=1S/C23H18O4/c24-22(14-11-18-6-2-1-3-7-18)26-16-19-10-12-20-8-4-5-9-21(20)13-15-23(25)27-17-19/h1-9,19H,13,15-17H2. The van der Waals surface area contributed by atoms with Crippen molar-refractivity contribution in [1.29, 1.82) is 0 Å². The van der Waals surface area contributed by atoms with E-state index in [1.54, 1.807) is 0 Å². The van der Waals surface area contributed by atoms with Crippen molar-refractivity contribution in [2.24, 2.45) is 5.92 Å². The molecule has 0 radical (unpaired) electrons.